The van der Waals surface area contributed by atoms with Crippen LogP contribution in [0.2, 0.25) is 0 Å². The normalized spacial score (nSPS) is 15.1. The molecule has 21 heavy (non-hydrogen) atoms. The Labute approximate surface area is 122 Å². The number of anilines is 3. The summed E-state index contributed by atoms with van der Waals surface area (Å²) in [6.45, 7) is 2.98. The lowest BCUT2D eigenvalue weighted by Crippen LogP contribution is -2.47. The van der Waals surface area contributed by atoms with Crippen molar-refractivity contribution in [2.24, 2.45) is 0 Å². The van der Waals surface area contributed by atoms with E-state index in [0.29, 0.717) is 24.9 Å². The van der Waals surface area contributed by atoms with Gasteiger partial charge in [0.15, 0.2) is 11.6 Å². The van der Waals surface area contributed by atoms with Crippen molar-refractivity contribution >= 4 is 17.6 Å². The monoisotopic (exact) mass is 288 g/mol. The molecule has 0 unspecified atom stereocenters. The van der Waals surface area contributed by atoms with Crippen LogP contribution in [-0.2, 0) is 0 Å². The summed E-state index contributed by atoms with van der Waals surface area (Å²) < 4.78 is 13.9. The Morgan fingerprint density at radius 3 is 2.52 bits per heavy atom. The summed E-state index contributed by atoms with van der Waals surface area (Å²) in [5.74, 6) is 1.35. The predicted octanol–water partition coefficient (Wildman–Crippen LogP) is 1.38. The molecule has 0 amide bonds. The van der Waals surface area contributed by atoms with Crippen LogP contribution in [0.1, 0.15) is 0 Å². The Kier molecular flexibility index (Phi) is 3.81. The minimum Gasteiger partial charge on any atom is -0.357 e. The molecule has 110 valence electrons. The van der Waals surface area contributed by atoms with Gasteiger partial charge in [-0.1, -0.05) is 6.07 Å². The van der Waals surface area contributed by atoms with Gasteiger partial charge in [0.2, 0.25) is 5.95 Å². The molecule has 1 aliphatic heterocycles. The van der Waals surface area contributed by atoms with Gasteiger partial charge in [-0.25, -0.2) is 14.4 Å². The van der Waals surface area contributed by atoms with E-state index < -0.39 is 0 Å². The third kappa shape index (κ3) is 2.86. The Morgan fingerprint density at radius 2 is 1.86 bits per heavy atom. The SMILES string of the molecule is CNc1ncc(F)c(N2CCN(c3ccccn3)CC2)n1. The van der Waals surface area contributed by atoms with E-state index in [9.17, 15) is 4.39 Å². The first-order valence-electron chi connectivity index (χ1n) is 6.89. The van der Waals surface area contributed by atoms with Crippen LogP contribution in [0.25, 0.3) is 0 Å². The average molecular weight is 288 g/mol. The molecular formula is C14H17FN6. The molecule has 6 nitrogen and oxygen atoms in total. The van der Waals surface area contributed by atoms with Crippen LogP contribution < -0.4 is 15.1 Å². The highest BCUT2D eigenvalue weighted by Crippen LogP contribution is 2.20. The summed E-state index contributed by atoms with van der Waals surface area (Å²) in [5.41, 5.74) is 0. The van der Waals surface area contributed by atoms with Gasteiger partial charge in [0, 0.05) is 39.4 Å². The molecule has 0 aromatic carbocycles. The summed E-state index contributed by atoms with van der Waals surface area (Å²) in [6.07, 6.45) is 2.99. The van der Waals surface area contributed by atoms with E-state index in [-0.39, 0.29) is 5.82 Å². The number of hydrogen-bond donors (Lipinski definition) is 1. The lowest BCUT2D eigenvalue weighted by molar-refractivity contribution is 0.582. The molecule has 7 heteroatoms. The van der Waals surface area contributed by atoms with Gasteiger partial charge < -0.3 is 15.1 Å². The maximum Gasteiger partial charge on any atom is 0.224 e. The maximum atomic E-state index is 13.9. The number of piperazine rings is 1. The van der Waals surface area contributed by atoms with Gasteiger partial charge in [-0.05, 0) is 12.1 Å². The van der Waals surface area contributed by atoms with E-state index in [4.69, 9.17) is 0 Å². The largest absolute Gasteiger partial charge is 0.357 e. The highest BCUT2D eigenvalue weighted by molar-refractivity contribution is 5.47. The molecular weight excluding hydrogens is 271 g/mol. The van der Waals surface area contributed by atoms with Crippen LogP contribution in [0.15, 0.2) is 30.6 Å². The molecule has 3 rings (SSSR count). The number of nitrogens with zero attached hydrogens (tertiary/aromatic N) is 5. The molecule has 1 fully saturated rings. The average Bonchev–Trinajstić information content (AvgIpc) is 2.56. The summed E-state index contributed by atoms with van der Waals surface area (Å²) >= 11 is 0. The molecule has 1 aliphatic rings. The number of hydrogen-bond acceptors (Lipinski definition) is 6. The van der Waals surface area contributed by atoms with E-state index >= 15 is 0 Å². The lowest BCUT2D eigenvalue weighted by Gasteiger charge is -2.36. The van der Waals surface area contributed by atoms with E-state index in [0.717, 1.165) is 18.9 Å². The predicted molar refractivity (Wildman–Crippen MR) is 80.2 cm³/mol. The van der Waals surface area contributed by atoms with E-state index in [1.807, 2.05) is 23.1 Å². The topological polar surface area (TPSA) is 57.2 Å². The second-order valence-corrected chi connectivity index (χ2v) is 4.78. The first kappa shape index (κ1) is 13.5. The number of aromatic nitrogens is 3. The summed E-state index contributed by atoms with van der Waals surface area (Å²) in [6, 6.07) is 5.85. The van der Waals surface area contributed by atoms with E-state index in [1.54, 1.807) is 13.2 Å². The number of pyridine rings is 1. The number of rotatable bonds is 3. The summed E-state index contributed by atoms with van der Waals surface area (Å²) in [4.78, 5) is 16.6. The van der Waals surface area contributed by atoms with Crippen LogP contribution >= 0.6 is 0 Å². The summed E-state index contributed by atoms with van der Waals surface area (Å²) in [7, 11) is 1.72. The van der Waals surface area contributed by atoms with Gasteiger partial charge in [-0.15, -0.1) is 0 Å². The zero-order valence-corrected chi connectivity index (χ0v) is 11.8. The van der Waals surface area contributed by atoms with Gasteiger partial charge in [-0.2, -0.15) is 4.98 Å². The molecule has 2 aromatic heterocycles. The van der Waals surface area contributed by atoms with Crippen molar-refractivity contribution in [2.75, 3.05) is 48.3 Å². The molecule has 0 aliphatic carbocycles. The smallest absolute Gasteiger partial charge is 0.224 e. The van der Waals surface area contributed by atoms with Crippen LogP contribution in [0.4, 0.5) is 22.0 Å². The lowest BCUT2D eigenvalue weighted by atomic mass is 10.3. The molecule has 1 saturated heterocycles. The van der Waals surface area contributed by atoms with E-state index in [2.05, 4.69) is 25.2 Å². The van der Waals surface area contributed by atoms with Crippen molar-refractivity contribution < 1.29 is 4.39 Å². The van der Waals surface area contributed by atoms with Crippen LogP contribution in [0, 0.1) is 5.82 Å². The Hall–Kier alpha value is -2.44. The Balaban J connectivity index is 1.71. The van der Waals surface area contributed by atoms with E-state index in [1.165, 1.54) is 6.20 Å². The van der Waals surface area contributed by atoms with Crippen molar-refractivity contribution in [1.82, 2.24) is 15.0 Å². The minimum atomic E-state index is -0.389. The highest BCUT2D eigenvalue weighted by Gasteiger charge is 2.21. The molecule has 0 atom stereocenters. The quantitative estimate of drug-likeness (QED) is 0.921. The molecule has 3 heterocycles. The van der Waals surface area contributed by atoms with Crippen LogP contribution in [-0.4, -0.2) is 48.2 Å². The molecule has 0 bridgehead atoms. The highest BCUT2D eigenvalue weighted by atomic mass is 19.1. The van der Waals surface area contributed by atoms with Crippen molar-refractivity contribution in [3.05, 3.63) is 36.4 Å². The zero-order chi connectivity index (χ0) is 14.7. The third-order valence-corrected chi connectivity index (χ3v) is 3.50. The molecule has 1 N–H and O–H groups in total. The summed E-state index contributed by atoms with van der Waals surface area (Å²) in [5, 5.41) is 2.83. The number of nitrogens with one attached hydrogen (secondary N) is 1. The van der Waals surface area contributed by atoms with Gasteiger partial charge in [0.25, 0.3) is 0 Å². The molecule has 0 spiro atoms. The number of halogens is 1. The third-order valence-electron chi connectivity index (χ3n) is 3.50. The van der Waals surface area contributed by atoms with Gasteiger partial charge in [0.05, 0.1) is 6.20 Å². The maximum absolute atomic E-state index is 13.9. The standard InChI is InChI=1S/C14H17FN6/c1-16-14-18-10-11(15)13(19-14)21-8-6-20(7-9-21)12-4-2-3-5-17-12/h2-5,10H,6-9H2,1H3,(H,16,18,19). The van der Waals surface area contributed by atoms with Gasteiger partial charge in [-0.3, -0.25) is 0 Å². The fraction of sp³-hybridized carbons (Fsp3) is 0.357. The van der Waals surface area contributed by atoms with Crippen molar-refractivity contribution in [3.8, 4) is 0 Å². The minimum absolute atomic E-state index is 0.357. The first-order valence-corrected chi connectivity index (χ1v) is 6.89. The fourth-order valence-electron chi connectivity index (χ4n) is 2.39. The second-order valence-electron chi connectivity index (χ2n) is 4.78. The molecule has 0 saturated carbocycles. The zero-order valence-electron chi connectivity index (χ0n) is 11.8. The van der Waals surface area contributed by atoms with Crippen molar-refractivity contribution in [1.29, 1.82) is 0 Å². The van der Waals surface area contributed by atoms with Crippen LogP contribution in [0.3, 0.4) is 0 Å². The second kappa shape index (κ2) is 5.90. The Bertz CT molecular complexity index is 598. The Morgan fingerprint density at radius 1 is 1.10 bits per heavy atom. The van der Waals surface area contributed by atoms with Crippen molar-refractivity contribution in [3.63, 3.8) is 0 Å². The first-order chi connectivity index (χ1) is 10.3. The molecule has 2 aromatic rings. The fourth-order valence-corrected chi connectivity index (χ4v) is 2.39. The van der Waals surface area contributed by atoms with Crippen LogP contribution in [0.5, 0.6) is 0 Å². The van der Waals surface area contributed by atoms with Gasteiger partial charge >= 0.3 is 0 Å². The van der Waals surface area contributed by atoms with Gasteiger partial charge in [0.1, 0.15) is 5.82 Å². The molecule has 0 radical (unpaired) electrons. The van der Waals surface area contributed by atoms with Crippen molar-refractivity contribution in [2.45, 2.75) is 0 Å².